The summed E-state index contributed by atoms with van der Waals surface area (Å²) >= 11 is 0. The Labute approximate surface area is 157 Å². The van der Waals surface area contributed by atoms with Crippen LogP contribution in [-0.2, 0) is 0 Å². The lowest BCUT2D eigenvalue weighted by Crippen LogP contribution is -2.46. The highest BCUT2D eigenvalue weighted by molar-refractivity contribution is 4.98. The SMILES string of the molecule is CC(C1CCCC2CCCCC21)C(C)(C)C1CCCC2CCCCC21. The Balaban J connectivity index is 1.51. The highest BCUT2D eigenvalue weighted by Gasteiger charge is 2.48. The number of rotatable bonds is 3. The van der Waals surface area contributed by atoms with Gasteiger partial charge >= 0.3 is 0 Å². The summed E-state index contributed by atoms with van der Waals surface area (Å²) in [5.74, 6) is 7.34. The van der Waals surface area contributed by atoms with Crippen LogP contribution in [0.1, 0.15) is 111 Å². The van der Waals surface area contributed by atoms with E-state index in [9.17, 15) is 0 Å². The molecule has 144 valence electrons. The van der Waals surface area contributed by atoms with Gasteiger partial charge in [-0.05, 0) is 72.5 Å². The Morgan fingerprint density at radius 1 is 0.600 bits per heavy atom. The van der Waals surface area contributed by atoms with Gasteiger partial charge in [0.25, 0.3) is 0 Å². The molecule has 0 radical (unpaired) electrons. The van der Waals surface area contributed by atoms with Crippen LogP contribution in [0.2, 0.25) is 0 Å². The molecule has 0 bridgehead atoms. The molecule has 0 amide bonds. The van der Waals surface area contributed by atoms with E-state index in [1.165, 1.54) is 38.5 Å². The highest BCUT2D eigenvalue weighted by Crippen LogP contribution is 2.57. The smallest absolute Gasteiger partial charge is 0.0295 e. The lowest BCUT2D eigenvalue weighted by Gasteiger charge is -2.54. The molecule has 0 heteroatoms. The zero-order valence-electron chi connectivity index (χ0n) is 17.4. The lowest BCUT2D eigenvalue weighted by atomic mass is 9.51. The van der Waals surface area contributed by atoms with Crippen molar-refractivity contribution in [3.63, 3.8) is 0 Å². The van der Waals surface area contributed by atoms with E-state index in [1.807, 2.05) is 0 Å². The largest absolute Gasteiger partial charge is 0.0617 e. The molecular formula is C25H44. The first-order chi connectivity index (χ1) is 12.1. The second kappa shape index (κ2) is 7.55. The van der Waals surface area contributed by atoms with E-state index in [0.29, 0.717) is 5.41 Å². The first-order valence-corrected chi connectivity index (χ1v) is 12.1. The van der Waals surface area contributed by atoms with Gasteiger partial charge in [0, 0.05) is 0 Å². The predicted octanol–water partition coefficient (Wildman–Crippen LogP) is 7.86. The summed E-state index contributed by atoms with van der Waals surface area (Å²) < 4.78 is 0. The van der Waals surface area contributed by atoms with Crippen LogP contribution < -0.4 is 0 Å². The maximum Gasteiger partial charge on any atom is -0.0295 e. The van der Waals surface area contributed by atoms with Crippen LogP contribution in [-0.4, -0.2) is 0 Å². The van der Waals surface area contributed by atoms with Gasteiger partial charge in [0.1, 0.15) is 0 Å². The van der Waals surface area contributed by atoms with Crippen molar-refractivity contribution in [2.24, 2.45) is 46.8 Å². The van der Waals surface area contributed by atoms with Crippen molar-refractivity contribution in [1.29, 1.82) is 0 Å². The average Bonchev–Trinajstić information content (AvgIpc) is 2.66. The fraction of sp³-hybridized carbons (Fsp3) is 1.00. The summed E-state index contributed by atoms with van der Waals surface area (Å²) in [7, 11) is 0. The first kappa shape index (κ1) is 18.4. The zero-order chi connectivity index (χ0) is 17.4. The molecule has 7 atom stereocenters. The fourth-order valence-electron chi connectivity index (χ4n) is 8.36. The van der Waals surface area contributed by atoms with Gasteiger partial charge in [0.05, 0.1) is 0 Å². The van der Waals surface area contributed by atoms with Gasteiger partial charge in [0.2, 0.25) is 0 Å². The summed E-state index contributed by atoms with van der Waals surface area (Å²) in [5, 5.41) is 0. The van der Waals surface area contributed by atoms with Crippen molar-refractivity contribution in [2.45, 2.75) is 111 Å². The van der Waals surface area contributed by atoms with Crippen LogP contribution in [0, 0.1) is 46.8 Å². The summed E-state index contributed by atoms with van der Waals surface area (Å²) in [6.07, 6.45) is 21.6. The maximum atomic E-state index is 2.70. The van der Waals surface area contributed by atoms with Crippen molar-refractivity contribution in [2.75, 3.05) is 0 Å². The summed E-state index contributed by atoms with van der Waals surface area (Å²) in [4.78, 5) is 0. The van der Waals surface area contributed by atoms with Crippen LogP contribution in [0.4, 0.5) is 0 Å². The van der Waals surface area contributed by atoms with Gasteiger partial charge in [-0.3, -0.25) is 0 Å². The number of fused-ring (bicyclic) bond motifs is 2. The van der Waals surface area contributed by atoms with E-state index in [0.717, 1.165) is 41.4 Å². The van der Waals surface area contributed by atoms with Crippen LogP contribution in [0.5, 0.6) is 0 Å². The fourth-order valence-corrected chi connectivity index (χ4v) is 8.36. The Kier molecular flexibility index (Phi) is 5.55. The quantitative estimate of drug-likeness (QED) is 0.488. The first-order valence-electron chi connectivity index (χ1n) is 12.1. The van der Waals surface area contributed by atoms with E-state index in [4.69, 9.17) is 0 Å². The second-order valence-electron chi connectivity index (χ2n) is 11.2. The van der Waals surface area contributed by atoms with Gasteiger partial charge in [-0.2, -0.15) is 0 Å². The Bertz CT molecular complexity index is 431. The topological polar surface area (TPSA) is 0 Å². The maximum absolute atomic E-state index is 2.70. The Morgan fingerprint density at radius 2 is 1.12 bits per heavy atom. The second-order valence-corrected chi connectivity index (χ2v) is 11.2. The Morgan fingerprint density at radius 3 is 1.84 bits per heavy atom. The van der Waals surface area contributed by atoms with Gasteiger partial charge in [0.15, 0.2) is 0 Å². The third-order valence-corrected chi connectivity index (χ3v) is 9.98. The third kappa shape index (κ3) is 3.45. The van der Waals surface area contributed by atoms with Gasteiger partial charge in [-0.15, -0.1) is 0 Å². The lowest BCUT2D eigenvalue weighted by molar-refractivity contribution is -0.0512. The van der Waals surface area contributed by atoms with Crippen LogP contribution >= 0.6 is 0 Å². The highest BCUT2D eigenvalue weighted by atomic mass is 14.5. The van der Waals surface area contributed by atoms with Gasteiger partial charge in [-0.25, -0.2) is 0 Å². The van der Waals surface area contributed by atoms with Gasteiger partial charge < -0.3 is 0 Å². The molecule has 0 aliphatic heterocycles. The molecule has 25 heavy (non-hydrogen) atoms. The predicted molar refractivity (Wildman–Crippen MR) is 109 cm³/mol. The molecule has 0 N–H and O–H groups in total. The van der Waals surface area contributed by atoms with Crippen molar-refractivity contribution in [3.8, 4) is 0 Å². The van der Waals surface area contributed by atoms with Crippen LogP contribution in [0.15, 0.2) is 0 Å². The van der Waals surface area contributed by atoms with E-state index < -0.39 is 0 Å². The van der Waals surface area contributed by atoms with E-state index in [2.05, 4.69) is 20.8 Å². The van der Waals surface area contributed by atoms with E-state index >= 15 is 0 Å². The molecule has 0 aromatic rings. The molecule has 0 aromatic carbocycles. The normalized spacial score (nSPS) is 43.8. The molecule has 0 heterocycles. The number of hydrogen-bond donors (Lipinski definition) is 0. The minimum Gasteiger partial charge on any atom is -0.0617 e. The molecule has 4 aliphatic rings. The summed E-state index contributed by atoms with van der Waals surface area (Å²) in [6.45, 7) is 8.09. The minimum atomic E-state index is 0.560. The molecular weight excluding hydrogens is 300 g/mol. The zero-order valence-corrected chi connectivity index (χ0v) is 17.4. The molecule has 4 saturated carbocycles. The molecule has 0 aromatic heterocycles. The molecule has 4 rings (SSSR count). The Hall–Kier alpha value is 0. The molecule has 7 unspecified atom stereocenters. The molecule has 0 saturated heterocycles. The summed E-state index contributed by atoms with van der Waals surface area (Å²) in [5.41, 5.74) is 0.560. The van der Waals surface area contributed by atoms with Crippen molar-refractivity contribution >= 4 is 0 Å². The van der Waals surface area contributed by atoms with E-state index in [1.54, 1.807) is 51.4 Å². The van der Waals surface area contributed by atoms with Crippen LogP contribution in [0.25, 0.3) is 0 Å². The van der Waals surface area contributed by atoms with Crippen molar-refractivity contribution in [3.05, 3.63) is 0 Å². The molecule has 0 spiro atoms. The number of hydrogen-bond acceptors (Lipinski definition) is 0. The molecule has 0 nitrogen and oxygen atoms in total. The summed E-state index contributed by atoms with van der Waals surface area (Å²) in [6, 6.07) is 0. The van der Waals surface area contributed by atoms with Crippen molar-refractivity contribution < 1.29 is 0 Å². The third-order valence-electron chi connectivity index (χ3n) is 9.98. The van der Waals surface area contributed by atoms with Crippen LogP contribution in [0.3, 0.4) is 0 Å². The van der Waals surface area contributed by atoms with Crippen molar-refractivity contribution in [1.82, 2.24) is 0 Å². The minimum absolute atomic E-state index is 0.560. The molecule has 4 aliphatic carbocycles. The van der Waals surface area contributed by atoms with Gasteiger partial charge in [-0.1, -0.05) is 85.0 Å². The van der Waals surface area contributed by atoms with E-state index in [-0.39, 0.29) is 0 Å². The molecule has 4 fully saturated rings. The average molecular weight is 345 g/mol. The standard InChI is InChI=1S/C25H44/c1-18(21-16-8-12-19-10-4-6-14-22(19)21)25(2,3)24-17-9-13-20-11-5-7-15-23(20)24/h18-24H,4-17H2,1-3H3. The monoisotopic (exact) mass is 344 g/mol.